The summed E-state index contributed by atoms with van der Waals surface area (Å²) < 4.78 is 40.7. The molecular weight excluding hydrogens is 379 g/mol. The van der Waals surface area contributed by atoms with Gasteiger partial charge in [-0.2, -0.15) is 13.2 Å². The number of rotatable bonds is 7. The molecule has 7 nitrogen and oxygen atoms in total. The van der Waals surface area contributed by atoms with Crippen molar-refractivity contribution in [2.45, 2.75) is 31.7 Å². The van der Waals surface area contributed by atoms with E-state index < -0.39 is 24.7 Å². The number of benzene rings is 1. The van der Waals surface area contributed by atoms with Gasteiger partial charge >= 0.3 is 6.18 Å². The van der Waals surface area contributed by atoms with Gasteiger partial charge in [0.1, 0.15) is 12.6 Å². The Bertz CT molecular complexity index is 707. The average molecular weight is 401 g/mol. The zero-order valence-electron chi connectivity index (χ0n) is 15.3. The first kappa shape index (κ1) is 21.7. The van der Waals surface area contributed by atoms with Crippen molar-refractivity contribution in [1.82, 2.24) is 15.5 Å². The van der Waals surface area contributed by atoms with Crippen LogP contribution in [0, 0.1) is 0 Å². The molecule has 0 spiro atoms. The molecule has 1 aliphatic heterocycles. The lowest BCUT2D eigenvalue weighted by atomic mass is 10.1. The van der Waals surface area contributed by atoms with Crippen LogP contribution in [0.5, 0.6) is 0 Å². The topological polar surface area (TPSA) is 87.7 Å². The van der Waals surface area contributed by atoms with Crippen LogP contribution in [0.2, 0.25) is 0 Å². The highest BCUT2D eigenvalue weighted by Gasteiger charge is 2.33. The number of ether oxygens (including phenoxy) is 1. The summed E-state index contributed by atoms with van der Waals surface area (Å²) in [6, 6.07) is 5.32. The van der Waals surface area contributed by atoms with E-state index in [0.29, 0.717) is 18.5 Å². The molecule has 3 amide bonds. The van der Waals surface area contributed by atoms with Crippen molar-refractivity contribution < 1.29 is 32.3 Å². The number of likely N-dealkylation sites (tertiary alicyclic amines) is 1. The third kappa shape index (κ3) is 6.22. The van der Waals surface area contributed by atoms with Crippen molar-refractivity contribution in [3.8, 4) is 0 Å². The second-order valence-electron chi connectivity index (χ2n) is 6.35. The Labute approximate surface area is 160 Å². The molecule has 0 aliphatic carbocycles. The van der Waals surface area contributed by atoms with Crippen molar-refractivity contribution >= 4 is 17.7 Å². The monoisotopic (exact) mass is 401 g/mol. The van der Waals surface area contributed by atoms with Crippen LogP contribution in [-0.2, 0) is 20.9 Å². The second-order valence-corrected chi connectivity index (χ2v) is 6.35. The number of nitrogens with zero attached hydrogens (tertiary/aromatic N) is 1. The van der Waals surface area contributed by atoms with Crippen LogP contribution in [-0.4, -0.2) is 61.6 Å². The highest BCUT2D eigenvalue weighted by atomic mass is 19.4. The SMILES string of the molecule is CNC(=O)C1CCCN1C(=O)CNC(=O)c1ccc(COCC(F)(F)F)cc1. The minimum Gasteiger partial charge on any atom is -0.367 e. The molecule has 28 heavy (non-hydrogen) atoms. The summed E-state index contributed by atoms with van der Waals surface area (Å²) in [7, 11) is 1.50. The normalized spacial score (nSPS) is 16.7. The highest BCUT2D eigenvalue weighted by Crippen LogP contribution is 2.17. The Morgan fingerprint density at radius 1 is 1.21 bits per heavy atom. The van der Waals surface area contributed by atoms with E-state index in [9.17, 15) is 27.6 Å². The Morgan fingerprint density at radius 2 is 1.89 bits per heavy atom. The molecule has 1 heterocycles. The van der Waals surface area contributed by atoms with Gasteiger partial charge < -0.3 is 20.3 Å². The predicted octanol–water partition coefficient (Wildman–Crippen LogP) is 1.23. The maximum Gasteiger partial charge on any atom is 0.411 e. The van der Waals surface area contributed by atoms with Gasteiger partial charge in [0.15, 0.2) is 0 Å². The second kappa shape index (κ2) is 9.54. The van der Waals surface area contributed by atoms with Crippen molar-refractivity contribution in [2.75, 3.05) is 26.7 Å². The molecule has 1 aromatic carbocycles. The lowest BCUT2D eigenvalue weighted by Crippen LogP contribution is -2.48. The van der Waals surface area contributed by atoms with E-state index in [4.69, 9.17) is 0 Å². The van der Waals surface area contributed by atoms with Crippen LogP contribution < -0.4 is 10.6 Å². The first-order valence-corrected chi connectivity index (χ1v) is 8.74. The minimum absolute atomic E-state index is 0.226. The predicted molar refractivity (Wildman–Crippen MR) is 93.3 cm³/mol. The number of alkyl halides is 3. The molecule has 1 aliphatic rings. The summed E-state index contributed by atoms with van der Waals surface area (Å²) in [5.74, 6) is -1.08. The van der Waals surface area contributed by atoms with Gasteiger partial charge in [-0.25, -0.2) is 0 Å². The molecule has 1 fully saturated rings. The van der Waals surface area contributed by atoms with Crippen molar-refractivity contribution in [1.29, 1.82) is 0 Å². The van der Waals surface area contributed by atoms with Gasteiger partial charge in [0.25, 0.3) is 5.91 Å². The molecule has 0 bridgehead atoms. The van der Waals surface area contributed by atoms with Gasteiger partial charge in [-0.3, -0.25) is 14.4 Å². The third-order valence-electron chi connectivity index (χ3n) is 4.27. The third-order valence-corrected chi connectivity index (χ3v) is 4.27. The minimum atomic E-state index is -4.39. The van der Waals surface area contributed by atoms with E-state index in [1.54, 1.807) is 0 Å². The van der Waals surface area contributed by atoms with E-state index >= 15 is 0 Å². The van der Waals surface area contributed by atoms with Gasteiger partial charge in [0.2, 0.25) is 11.8 Å². The van der Waals surface area contributed by atoms with Crippen LogP contribution in [0.1, 0.15) is 28.8 Å². The number of carbonyl (C=O) groups excluding carboxylic acids is 3. The fraction of sp³-hybridized carbons (Fsp3) is 0.500. The lowest BCUT2D eigenvalue weighted by Gasteiger charge is -2.23. The van der Waals surface area contributed by atoms with Gasteiger partial charge in [0.05, 0.1) is 13.2 Å². The Morgan fingerprint density at radius 3 is 2.50 bits per heavy atom. The molecule has 1 aromatic rings. The maximum atomic E-state index is 12.3. The molecule has 154 valence electrons. The molecule has 1 atom stereocenters. The number of hydrogen-bond acceptors (Lipinski definition) is 4. The molecule has 0 aromatic heterocycles. The molecule has 0 saturated carbocycles. The molecule has 1 unspecified atom stereocenters. The summed E-state index contributed by atoms with van der Waals surface area (Å²) in [5.41, 5.74) is 0.749. The average Bonchev–Trinajstić information content (AvgIpc) is 3.14. The summed E-state index contributed by atoms with van der Waals surface area (Å²) >= 11 is 0. The largest absolute Gasteiger partial charge is 0.411 e. The summed E-state index contributed by atoms with van der Waals surface area (Å²) in [4.78, 5) is 37.7. The summed E-state index contributed by atoms with van der Waals surface area (Å²) in [6.07, 6.45) is -3.09. The number of halogens is 3. The Hall–Kier alpha value is -2.62. The zero-order valence-corrected chi connectivity index (χ0v) is 15.3. The van der Waals surface area contributed by atoms with Crippen molar-refractivity contribution in [3.63, 3.8) is 0 Å². The molecule has 0 radical (unpaired) electrons. The fourth-order valence-corrected chi connectivity index (χ4v) is 2.90. The molecule has 2 rings (SSSR count). The van der Waals surface area contributed by atoms with Gasteiger partial charge in [-0.15, -0.1) is 0 Å². The maximum absolute atomic E-state index is 12.3. The van der Waals surface area contributed by atoms with Crippen LogP contribution in [0.25, 0.3) is 0 Å². The van der Waals surface area contributed by atoms with E-state index in [1.807, 2.05) is 0 Å². The number of carbonyl (C=O) groups is 3. The first-order chi connectivity index (χ1) is 13.2. The quantitative estimate of drug-likeness (QED) is 0.720. The van der Waals surface area contributed by atoms with Gasteiger partial charge in [-0.05, 0) is 30.5 Å². The molecule has 2 N–H and O–H groups in total. The van der Waals surface area contributed by atoms with E-state index in [0.717, 1.165) is 6.42 Å². The van der Waals surface area contributed by atoms with Crippen LogP contribution in [0.15, 0.2) is 24.3 Å². The lowest BCUT2D eigenvalue weighted by molar-refractivity contribution is -0.176. The van der Waals surface area contributed by atoms with Crippen molar-refractivity contribution in [3.05, 3.63) is 35.4 Å². The fourth-order valence-electron chi connectivity index (χ4n) is 2.90. The van der Waals surface area contributed by atoms with Crippen LogP contribution in [0.4, 0.5) is 13.2 Å². The van der Waals surface area contributed by atoms with E-state index in [2.05, 4.69) is 15.4 Å². The van der Waals surface area contributed by atoms with Crippen LogP contribution >= 0.6 is 0 Å². The number of hydrogen-bond donors (Lipinski definition) is 2. The van der Waals surface area contributed by atoms with E-state index in [-0.39, 0.29) is 30.5 Å². The first-order valence-electron chi connectivity index (χ1n) is 8.74. The summed E-state index contributed by atoms with van der Waals surface area (Å²) in [6.45, 7) is -1.36. The molecule has 10 heteroatoms. The van der Waals surface area contributed by atoms with Crippen molar-refractivity contribution in [2.24, 2.45) is 0 Å². The Balaban J connectivity index is 1.82. The molecule has 1 saturated heterocycles. The smallest absolute Gasteiger partial charge is 0.367 e. The van der Waals surface area contributed by atoms with E-state index in [1.165, 1.54) is 36.2 Å². The zero-order chi connectivity index (χ0) is 20.7. The number of nitrogens with one attached hydrogen (secondary N) is 2. The number of amides is 3. The highest BCUT2D eigenvalue weighted by molar-refractivity contribution is 5.97. The molecular formula is C18H22F3N3O4. The number of likely N-dealkylation sites (N-methyl/N-ethyl adjacent to an activating group) is 1. The van der Waals surface area contributed by atoms with Gasteiger partial charge in [0, 0.05) is 19.2 Å². The van der Waals surface area contributed by atoms with Gasteiger partial charge in [-0.1, -0.05) is 12.1 Å². The summed E-state index contributed by atoms with van der Waals surface area (Å²) in [5, 5.41) is 5.01. The van der Waals surface area contributed by atoms with Crippen LogP contribution in [0.3, 0.4) is 0 Å². The Kier molecular flexibility index (Phi) is 7.38. The standard InChI is InChI=1S/C18H22F3N3O4/c1-22-17(27)14-3-2-8-24(14)15(25)9-23-16(26)13-6-4-12(5-7-13)10-28-11-18(19,20)21/h4-7,14H,2-3,8-11H2,1H3,(H,22,27)(H,23,26).